The third kappa shape index (κ3) is 1.83. The molecule has 2 heterocycles. The number of fused-ring (bicyclic) bond motifs is 1. The van der Waals surface area contributed by atoms with Gasteiger partial charge in [0.05, 0.1) is 22.9 Å². The van der Waals surface area contributed by atoms with Gasteiger partial charge in [-0.05, 0) is 39.0 Å². The Morgan fingerprint density at radius 2 is 1.86 bits per heavy atom. The fourth-order valence-electron chi connectivity index (χ4n) is 2.84. The van der Waals surface area contributed by atoms with E-state index < -0.39 is 6.04 Å². The van der Waals surface area contributed by atoms with Crippen molar-refractivity contribution in [3.8, 4) is 0 Å². The predicted octanol–water partition coefficient (Wildman–Crippen LogP) is 2.23. The summed E-state index contributed by atoms with van der Waals surface area (Å²) in [5, 5.41) is 3.88. The molecular formula is C15H15N3O3. The summed E-state index contributed by atoms with van der Waals surface area (Å²) < 4.78 is 5.12. The lowest BCUT2D eigenvalue weighted by molar-refractivity contribution is 0.0594. The molecule has 0 fully saturated rings. The number of nitrogens with two attached hydrogens (primary N) is 1. The first-order valence-corrected chi connectivity index (χ1v) is 6.62. The van der Waals surface area contributed by atoms with Crippen LogP contribution in [0.25, 0.3) is 0 Å². The van der Waals surface area contributed by atoms with Crippen LogP contribution in [0, 0.1) is 13.8 Å². The van der Waals surface area contributed by atoms with Crippen LogP contribution in [0.3, 0.4) is 0 Å². The molecule has 0 spiro atoms. The van der Waals surface area contributed by atoms with E-state index in [1.807, 2.05) is 0 Å². The summed E-state index contributed by atoms with van der Waals surface area (Å²) in [7, 11) is 0. The van der Waals surface area contributed by atoms with Crippen molar-refractivity contribution in [3.05, 3.63) is 46.3 Å². The molecule has 0 bridgehead atoms. The smallest absolute Gasteiger partial charge is 0.262 e. The summed E-state index contributed by atoms with van der Waals surface area (Å²) >= 11 is 0. The van der Waals surface area contributed by atoms with Gasteiger partial charge in [-0.3, -0.25) is 14.5 Å². The lowest BCUT2D eigenvalue weighted by Crippen LogP contribution is -2.33. The normalized spacial score (nSPS) is 15.5. The van der Waals surface area contributed by atoms with E-state index in [-0.39, 0.29) is 11.8 Å². The molecule has 0 radical (unpaired) electrons. The molecule has 21 heavy (non-hydrogen) atoms. The fourth-order valence-corrected chi connectivity index (χ4v) is 2.84. The van der Waals surface area contributed by atoms with Crippen LogP contribution in [0.4, 0.5) is 5.69 Å². The fraction of sp³-hybridized carbons (Fsp3) is 0.267. The number of carbonyl (C=O) groups excluding carboxylic acids is 2. The van der Waals surface area contributed by atoms with E-state index in [4.69, 9.17) is 10.3 Å². The van der Waals surface area contributed by atoms with Crippen LogP contribution < -0.4 is 5.73 Å². The molecular weight excluding hydrogens is 270 g/mol. The molecule has 3 rings (SSSR count). The van der Waals surface area contributed by atoms with Gasteiger partial charge in [0.2, 0.25) is 0 Å². The number of hydrogen-bond acceptors (Lipinski definition) is 5. The standard InChI is InChI=1S/C15H15N3O3/c1-7-13(9(3)21-17-7)8(2)18-14(19)11-5-4-10(16)6-12(11)15(18)20/h4-6,8H,16H2,1-3H3. The van der Waals surface area contributed by atoms with Gasteiger partial charge < -0.3 is 10.3 Å². The molecule has 1 atom stereocenters. The van der Waals surface area contributed by atoms with E-state index in [1.54, 1.807) is 32.9 Å². The van der Waals surface area contributed by atoms with E-state index in [2.05, 4.69) is 5.16 Å². The van der Waals surface area contributed by atoms with Gasteiger partial charge in [0.25, 0.3) is 11.8 Å². The Bertz CT molecular complexity index is 744. The van der Waals surface area contributed by atoms with Gasteiger partial charge in [0, 0.05) is 11.3 Å². The maximum atomic E-state index is 12.5. The predicted molar refractivity (Wildman–Crippen MR) is 75.7 cm³/mol. The van der Waals surface area contributed by atoms with E-state index in [9.17, 15) is 9.59 Å². The number of imide groups is 1. The van der Waals surface area contributed by atoms with Crippen molar-refractivity contribution < 1.29 is 14.1 Å². The Morgan fingerprint density at radius 3 is 2.48 bits per heavy atom. The lowest BCUT2D eigenvalue weighted by Gasteiger charge is -2.22. The molecule has 1 aromatic carbocycles. The Labute approximate surface area is 121 Å². The summed E-state index contributed by atoms with van der Waals surface area (Å²) in [4.78, 5) is 26.2. The highest BCUT2D eigenvalue weighted by Gasteiger charge is 2.40. The zero-order valence-electron chi connectivity index (χ0n) is 12.0. The number of anilines is 1. The molecule has 0 saturated heterocycles. The highest BCUT2D eigenvalue weighted by Crippen LogP contribution is 2.34. The first-order valence-electron chi connectivity index (χ1n) is 6.62. The van der Waals surface area contributed by atoms with E-state index in [1.165, 1.54) is 11.0 Å². The average Bonchev–Trinajstić information content (AvgIpc) is 2.88. The summed E-state index contributed by atoms with van der Waals surface area (Å²) in [6.07, 6.45) is 0. The lowest BCUT2D eigenvalue weighted by atomic mass is 10.1. The van der Waals surface area contributed by atoms with Crippen molar-refractivity contribution in [3.63, 3.8) is 0 Å². The molecule has 108 valence electrons. The monoisotopic (exact) mass is 285 g/mol. The Balaban J connectivity index is 2.06. The SMILES string of the molecule is Cc1noc(C)c1C(C)N1C(=O)c2ccc(N)cc2C1=O. The molecule has 2 N–H and O–H groups in total. The van der Waals surface area contributed by atoms with Crippen LogP contribution in [-0.2, 0) is 0 Å². The second-order valence-corrected chi connectivity index (χ2v) is 5.20. The van der Waals surface area contributed by atoms with Crippen molar-refractivity contribution in [2.24, 2.45) is 0 Å². The van der Waals surface area contributed by atoms with Gasteiger partial charge in [-0.15, -0.1) is 0 Å². The highest BCUT2D eigenvalue weighted by atomic mass is 16.5. The zero-order chi connectivity index (χ0) is 15.3. The molecule has 1 unspecified atom stereocenters. The van der Waals surface area contributed by atoms with E-state index in [0.29, 0.717) is 28.3 Å². The first kappa shape index (κ1) is 13.4. The van der Waals surface area contributed by atoms with Crippen LogP contribution in [-0.4, -0.2) is 21.9 Å². The molecule has 1 aromatic heterocycles. The Hall–Kier alpha value is -2.63. The minimum atomic E-state index is -0.440. The number of nitrogens with zero attached hydrogens (tertiary/aromatic N) is 2. The third-order valence-corrected chi connectivity index (χ3v) is 3.84. The summed E-state index contributed by atoms with van der Waals surface area (Å²) in [5.74, 6) is -0.0478. The molecule has 0 aliphatic carbocycles. The minimum Gasteiger partial charge on any atom is -0.399 e. The van der Waals surface area contributed by atoms with Crippen LogP contribution >= 0.6 is 0 Å². The van der Waals surface area contributed by atoms with Crippen LogP contribution in [0.15, 0.2) is 22.7 Å². The van der Waals surface area contributed by atoms with Gasteiger partial charge in [-0.2, -0.15) is 0 Å². The number of benzene rings is 1. The second kappa shape index (κ2) is 4.44. The van der Waals surface area contributed by atoms with E-state index in [0.717, 1.165) is 5.56 Å². The van der Waals surface area contributed by atoms with Gasteiger partial charge in [-0.25, -0.2) is 0 Å². The second-order valence-electron chi connectivity index (χ2n) is 5.20. The number of nitrogen functional groups attached to an aromatic ring is 1. The average molecular weight is 285 g/mol. The zero-order valence-corrected chi connectivity index (χ0v) is 12.0. The summed E-state index contributed by atoms with van der Waals surface area (Å²) in [6.45, 7) is 5.35. The molecule has 6 heteroatoms. The number of carbonyl (C=O) groups is 2. The summed E-state index contributed by atoms with van der Waals surface area (Å²) in [5.41, 5.74) is 8.32. The van der Waals surface area contributed by atoms with Crippen LogP contribution in [0.5, 0.6) is 0 Å². The van der Waals surface area contributed by atoms with Gasteiger partial charge in [0.1, 0.15) is 5.76 Å². The molecule has 0 saturated carbocycles. The topological polar surface area (TPSA) is 89.4 Å². The molecule has 1 aliphatic rings. The van der Waals surface area contributed by atoms with Gasteiger partial charge in [-0.1, -0.05) is 5.16 Å². The summed E-state index contributed by atoms with van der Waals surface area (Å²) in [6, 6.07) is 4.30. The molecule has 6 nitrogen and oxygen atoms in total. The maximum absolute atomic E-state index is 12.5. The molecule has 2 aromatic rings. The van der Waals surface area contributed by atoms with Crippen molar-refractivity contribution in [1.82, 2.24) is 10.1 Å². The van der Waals surface area contributed by atoms with Crippen molar-refractivity contribution in [1.29, 1.82) is 0 Å². The first-order chi connectivity index (χ1) is 9.91. The Morgan fingerprint density at radius 1 is 1.19 bits per heavy atom. The highest BCUT2D eigenvalue weighted by molar-refractivity contribution is 6.21. The number of aromatic nitrogens is 1. The number of amides is 2. The van der Waals surface area contributed by atoms with Crippen LogP contribution in [0.2, 0.25) is 0 Å². The van der Waals surface area contributed by atoms with E-state index >= 15 is 0 Å². The quantitative estimate of drug-likeness (QED) is 0.675. The van der Waals surface area contributed by atoms with Gasteiger partial charge >= 0.3 is 0 Å². The molecule has 2 amide bonds. The maximum Gasteiger partial charge on any atom is 0.262 e. The van der Waals surface area contributed by atoms with Crippen molar-refractivity contribution in [2.45, 2.75) is 26.8 Å². The minimum absolute atomic E-state index is 0.317. The van der Waals surface area contributed by atoms with Gasteiger partial charge in [0.15, 0.2) is 0 Å². The van der Waals surface area contributed by atoms with Crippen molar-refractivity contribution >= 4 is 17.5 Å². The van der Waals surface area contributed by atoms with Crippen molar-refractivity contribution in [2.75, 3.05) is 5.73 Å². The Kier molecular flexibility index (Phi) is 2.83. The number of hydrogen-bond donors (Lipinski definition) is 1. The molecule has 1 aliphatic heterocycles. The largest absolute Gasteiger partial charge is 0.399 e. The number of aryl methyl sites for hydroxylation is 2. The third-order valence-electron chi connectivity index (χ3n) is 3.84. The number of rotatable bonds is 2. The van der Waals surface area contributed by atoms with Crippen LogP contribution in [0.1, 0.15) is 50.7 Å².